The predicted octanol–water partition coefficient (Wildman–Crippen LogP) is 6.81. The molecule has 0 bridgehead atoms. The molecule has 1 saturated heterocycles. The Morgan fingerprint density at radius 2 is 1.04 bits per heavy atom. The Labute approximate surface area is 274 Å². The van der Waals surface area contributed by atoms with Crippen molar-refractivity contribution in [1.82, 2.24) is 0 Å². The van der Waals surface area contributed by atoms with Crippen molar-refractivity contribution in [3.63, 3.8) is 0 Å². The lowest BCUT2D eigenvalue weighted by atomic mass is 9.98. The topological polar surface area (TPSA) is 137 Å². The zero-order valence-electron chi connectivity index (χ0n) is 28.6. The summed E-state index contributed by atoms with van der Waals surface area (Å²) in [5.74, 6) is -0.341. The summed E-state index contributed by atoms with van der Waals surface area (Å²) in [5.41, 5.74) is 0.541. The minimum Gasteiger partial charge on any atom is -0.455 e. The van der Waals surface area contributed by atoms with Gasteiger partial charge in [-0.3, -0.25) is 0 Å². The molecule has 0 aromatic heterocycles. The van der Waals surface area contributed by atoms with E-state index in [1.165, 1.54) is 44.9 Å². The van der Waals surface area contributed by atoms with Gasteiger partial charge in [0.2, 0.25) is 0 Å². The van der Waals surface area contributed by atoms with Crippen LogP contribution in [-0.2, 0) is 14.3 Å². The molecule has 8 atom stereocenters. The summed E-state index contributed by atoms with van der Waals surface area (Å²) in [4.78, 5) is 11.7. The van der Waals surface area contributed by atoms with Crippen LogP contribution in [0.3, 0.4) is 0 Å². The van der Waals surface area contributed by atoms with Gasteiger partial charge in [-0.25, -0.2) is 4.79 Å². The fourth-order valence-electron chi connectivity index (χ4n) is 6.80. The predicted molar refractivity (Wildman–Crippen MR) is 179 cm³/mol. The molecule has 1 fully saturated rings. The van der Waals surface area contributed by atoms with Gasteiger partial charge in [-0.2, -0.15) is 0 Å². The fourth-order valence-corrected chi connectivity index (χ4v) is 6.80. The molecule has 2 rings (SSSR count). The van der Waals surface area contributed by atoms with Crippen LogP contribution in [0.5, 0.6) is 0 Å². The molecule has 0 aliphatic carbocycles. The lowest BCUT2D eigenvalue weighted by Gasteiger charge is -2.22. The van der Waals surface area contributed by atoms with Gasteiger partial charge >= 0.3 is 5.97 Å². The Hall–Kier alpha value is -1.03. The molecule has 264 valence electrons. The number of carbonyl (C=O) groups excluding carboxylic acids is 1. The first-order chi connectivity index (χ1) is 21.7. The highest BCUT2D eigenvalue weighted by Gasteiger charge is 2.34. The van der Waals surface area contributed by atoms with E-state index in [1.54, 1.807) is 13.0 Å². The highest BCUT2D eigenvalue weighted by Crippen LogP contribution is 2.28. The van der Waals surface area contributed by atoms with Crippen LogP contribution in [0.15, 0.2) is 11.6 Å². The third-order valence-electron chi connectivity index (χ3n) is 9.68. The number of aliphatic hydroxyl groups is 5. The van der Waals surface area contributed by atoms with Crippen LogP contribution in [0.4, 0.5) is 0 Å². The standard InChI is InChI=1S/C37H68O8/c1-3-4-5-6-7-8-9-12-22-33(41)35-24-25-36(45-35)34(42)23-13-10-11-17-30(38)18-14-15-19-31(39)20-16-21-32(40)27-29-26-28(2)44-37(29)43/h26,28,30-36,38-42H,3-25,27H2,1-2H3/t28-,30-,31+,32+,33+,34-,35+,36+/m1/s1. The van der Waals surface area contributed by atoms with Gasteiger partial charge in [-0.1, -0.05) is 90.4 Å². The maximum atomic E-state index is 11.7. The molecule has 0 unspecified atom stereocenters. The minimum absolute atomic E-state index is 0.143. The minimum atomic E-state index is -0.601. The van der Waals surface area contributed by atoms with Crippen LogP contribution in [-0.4, -0.2) is 80.3 Å². The smallest absolute Gasteiger partial charge is 0.334 e. The molecule has 0 aromatic rings. The van der Waals surface area contributed by atoms with Crippen molar-refractivity contribution < 1.29 is 39.8 Å². The van der Waals surface area contributed by atoms with E-state index in [4.69, 9.17) is 9.47 Å². The lowest BCUT2D eigenvalue weighted by Crippen LogP contribution is -2.31. The van der Waals surface area contributed by atoms with E-state index in [0.717, 1.165) is 70.6 Å². The van der Waals surface area contributed by atoms with E-state index in [1.807, 2.05) is 0 Å². The molecule has 0 spiro atoms. The second kappa shape index (κ2) is 24.2. The van der Waals surface area contributed by atoms with Gasteiger partial charge in [0.05, 0.1) is 42.7 Å². The number of esters is 1. The number of cyclic esters (lactones) is 1. The average Bonchev–Trinajstić information content (AvgIpc) is 3.62. The molecule has 2 heterocycles. The zero-order chi connectivity index (χ0) is 32.9. The van der Waals surface area contributed by atoms with Gasteiger partial charge in [0.1, 0.15) is 6.10 Å². The van der Waals surface area contributed by atoms with Gasteiger partial charge in [0, 0.05) is 12.0 Å². The third kappa shape index (κ3) is 18.2. The molecule has 45 heavy (non-hydrogen) atoms. The van der Waals surface area contributed by atoms with E-state index >= 15 is 0 Å². The number of rotatable bonds is 28. The third-order valence-corrected chi connectivity index (χ3v) is 9.68. The van der Waals surface area contributed by atoms with Crippen molar-refractivity contribution in [2.75, 3.05) is 0 Å². The summed E-state index contributed by atoms with van der Waals surface area (Å²) in [6, 6.07) is 0. The number of unbranched alkanes of at least 4 members (excludes halogenated alkanes) is 10. The van der Waals surface area contributed by atoms with Crippen molar-refractivity contribution >= 4 is 5.97 Å². The number of carbonyl (C=O) groups is 1. The van der Waals surface area contributed by atoms with E-state index in [2.05, 4.69) is 6.92 Å². The van der Waals surface area contributed by atoms with Gasteiger partial charge in [-0.15, -0.1) is 0 Å². The van der Waals surface area contributed by atoms with Crippen LogP contribution in [0.1, 0.15) is 168 Å². The largest absolute Gasteiger partial charge is 0.455 e. The number of ether oxygens (including phenoxy) is 2. The SMILES string of the molecule is CCCCCCCCCC[C@H](O)[C@@H]1CC[C@@H]([C@H](O)CCCCC[C@@H](O)CCCC[C@H](O)CCC[C@H](O)CC2=C[C@@H](C)OC2=O)O1. The number of hydrogen-bond acceptors (Lipinski definition) is 8. The Kier molecular flexibility index (Phi) is 21.6. The van der Waals surface area contributed by atoms with Crippen LogP contribution in [0, 0.1) is 0 Å². The van der Waals surface area contributed by atoms with Gasteiger partial charge < -0.3 is 35.0 Å². The Morgan fingerprint density at radius 3 is 1.56 bits per heavy atom. The van der Waals surface area contributed by atoms with Crippen LogP contribution in [0.2, 0.25) is 0 Å². The monoisotopic (exact) mass is 640 g/mol. The van der Waals surface area contributed by atoms with Gasteiger partial charge in [0.15, 0.2) is 0 Å². The highest BCUT2D eigenvalue weighted by molar-refractivity contribution is 5.90. The number of aliphatic hydroxyl groups excluding tert-OH is 5. The number of hydrogen-bond donors (Lipinski definition) is 5. The molecule has 8 nitrogen and oxygen atoms in total. The molecule has 2 aliphatic rings. The van der Waals surface area contributed by atoms with Crippen LogP contribution >= 0.6 is 0 Å². The normalized spacial score (nSPS) is 23.5. The molecule has 0 saturated carbocycles. The molecule has 0 radical (unpaired) electrons. The molecule has 2 aliphatic heterocycles. The molecule has 0 aromatic carbocycles. The summed E-state index contributed by atoms with van der Waals surface area (Å²) in [6.07, 6.45) is 21.0. The lowest BCUT2D eigenvalue weighted by molar-refractivity contribution is -0.139. The van der Waals surface area contributed by atoms with Crippen molar-refractivity contribution in [2.24, 2.45) is 0 Å². The quantitative estimate of drug-likeness (QED) is 0.0465. The van der Waals surface area contributed by atoms with E-state index < -0.39 is 24.4 Å². The van der Waals surface area contributed by atoms with Crippen molar-refractivity contribution in [3.8, 4) is 0 Å². The van der Waals surface area contributed by atoms with Crippen molar-refractivity contribution in [3.05, 3.63) is 11.6 Å². The van der Waals surface area contributed by atoms with Gasteiger partial charge in [0.25, 0.3) is 0 Å². The van der Waals surface area contributed by atoms with E-state index in [-0.39, 0.29) is 30.4 Å². The molecular weight excluding hydrogens is 572 g/mol. The maximum absolute atomic E-state index is 11.7. The van der Waals surface area contributed by atoms with E-state index in [9.17, 15) is 30.3 Å². The summed E-state index contributed by atoms with van der Waals surface area (Å²) >= 11 is 0. The summed E-state index contributed by atoms with van der Waals surface area (Å²) in [6.45, 7) is 4.04. The van der Waals surface area contributed by atoms with Crippen LogP contribution in [0.25, 0.3) is 0 Å². The van der Waals surface area contributed by atoms with Crippen molar-refractivity contribution in [1.29, 1.82) is 0 Å². The first kappa shape index (κ1) is 40.1. The molecule has 0 amide bonds. The average molecular weight is 641 g/mol. The first-order valence-corrected chi connectivity index (χ1v) is 18.7. The maximum Gasteiger partial charge on any atom is 0.334 e. The molecule has 5 N–H and O–H groups in total. The summed E-state index contributed by atoms with van der Waals surface area (Å²) < 4.78 is 11.1. The first-order valence-electron chi connectivity index (χ1n) is 18.7. The summed E-state index contributed by atoms with van der Waals surface area (Å²) in [7, 11) is 0. The highest BCUT2D eigenvalue weighted by atomic mass is 16.5. The van der Waals surface area contributed by atoms with Crippen LogP contribution < -0.4 is 0 Å². The molecular formula is C37H68O8. The van der Waals surface area contributed by atoms with Gasteiger partial charge in [-0.05, 0) is 77.2 Å². The Morgan fingerprint density at radius 1 is 0.622 bits per heavy atom. The second-order valence-corrected chi connectivity index (χ2v) is 14.0. The molecule has 8 heteroatoms. The van der Waals surface area contributed by atoms with Crippen molar-refractivity contribution in [2.45, 2.75) is 217 Å². The zero-order valence-corrected chi connectivity index (χ0v) is 28.6. The van der Waals surface area contributed by atoms with E-state index in [0.29, 0.717) is 44.1 Å². The fraction of sp³-hybridized carbons (Fsp3) is 0.919. The Bertz CT molecular complexity index is 788. The second-order valence-electron chi connectivity index (χ2n) is 14.0. The Balaban J connectivity index is 1.40. The summed E-state index contributed by atoms with van der Waals surface area (Å²) in [5, 5.41) is 52.0.